The molecule has 0 aliphatic carbocycles. The normalized spacial score (nSPS) is 22.7. The molecule has 1 fully saturated rings. The lowest BCUT2D eigenvalue weighted by Crippen LogP contribution is -2.39. The molecular formula is C26H27N3O5. The molecule has 3 aromatic rings. The van der Waals surface area contributed by atoms with Gasteiger partial charge in [0.1, 0.15) is 29.6 Å². The number of nitrogens with one attached hydrogen (secondary N) is 1. The van der Waals surface area contributed by atoms with Crippen molar-refractivity contribution in [2.24, 2.45) is 5.73 Å². The number of aromatic nitrogens is 2. The molecule has 1 aliphatic heterocycles. The number of aryl methyl sites for hydroxylation is 2. The zero-order chi connectivity index (χ0) is 24.5. The van der Waals surface area contributed by atoms with Crippen molar-refractivity contribution in [1.29, 1.82) is 0 Å². The highest BCUT2D eigenvalue weighted by Crippen LogP contribution is 2.47. The van der Waals surface area contributed by atoms with Gasteiger partial charge < -0.3 is 20.7 Å². The van der Waals surface area contributed by atoms with Crippen LogP contribution in [-0.4, -0.2) is 32.4 Å². The molecule has 2 heterocycles. The standard InChI is InChI=1S/C26H27N3O5/c1-16-5-9-18(10-6-16)22(30)23-26(33,20-11-7-17(2)8-12-20)14-21(34-23)29-15-19(4-3-13-27)24(31)28-25(29)32/h5-12,15,21-23,30,33H,13-14,27H2,1-2H3,(H,28,31,32)/t21-,22?,23-,26-/m1/s1. The van der Waals surface area contributed by atoms with Gasteiger partial charge in [0.2, 0.25) is 0 Å². The molecule has 8 heteroatoms. The van der Waals surface area contributed by atoms with Crippen LogP contribution in [0.2, 0.25) is 0 Å². The van der Waals surface area contributed by atoms with E-state index >= 15 is 0 Å². The molecule has 176 valence electrons. The van der Waals surface area contributed by atoms with Crippen LogP contribution < -0.4 is 17.0 Å². The number of benzene rings is 2. The lowest BCUT2D eigenvalue weighted by atomic mass is 9.82. The fourth-order valence-corrected chi connectivity index (χ4v) is 4.21. The summed E-state index contributed by atoms with van der Waals surface area (Å²) in [6.45, 7) is 3.93. The average molecular weight is 462 g/mol. The fraction of sp³-hybridized carbons (Fsp3) is 0.308. The number of aromatic amines is 1. The summed E-state index contributed by atoms with van der Waals surface area (Å²) in [5.74, 6) is 5.24. The monoisotopic (exact) mass is 461 g/mol. The number of ether oxygens (including phenoxy) is 1. The number of rotatable bonds is 4. The van der Waals surface area contributed by atoms with Gasteiger partial charge >= 0.3 is 5.69 Å². The number of aliphatic hydroxyl groups is 2. The van der Waals surface area contributed by atoms with Crippen LogP contribution in [0, 0.1) is 25.7 Å². The minimum Gasteiger partial charge on any atom is -0.386 e. The molecule has 0 spiro atoms. The predicted octanol–water partition coefficient (Wildman–Crippen LogP) is 1.37. The van der Waals surface area contributed by atoms with E-state index in [0.717, 1.165) is 11.1 Å². The van der Waals surface area contributed by atoms with E-state index in [2.05, 4.69) is 16.8 Å². The number of aliphatic hydroxyl groups excluding tert-OH is 1. The molecule has 4 rings (SSSR count). The summed E-state index contributed by atoms with van der Waals surface area (Å²) in [5, 5.41) is 23.1. The zero-order valence-corrected chi connectivity index (χ0v) is 19.0. The Kier molecular flexibility index (Phi) is 6.55. The molecule has 1 aliphatic rings. The van der Waals surface area contributed by atoms with Crippen molar-refractivity contribution < 1.29 is 14.9 Å². The highest BCUT2D eigenvalue weighted by Gasteiger charge is 2.52. The fourth-order valence-electron chi connectivity index (χ4n) is 4.21. The first-order valence-electron chi connectivity index (χ1n) is 11.0. The van der Waals surface area contributed by atoms with Crippen molar-refractivity contribution in [1.82, 2.24) is 9.55 Å². The average Bonchev–Trinajstić information content (AvgIpc) is 3.17. The van der Waals surface area contributed by atoms with Crippen molar-refractivity contribution in [2.45, 2.75) is 44.3 Å². The third kappa shape index (κ3) is 4.47. The van der Waals surface area contributed by atoms with Gasteiger partial charge in [-0.3, -0.25) is 14.3 Å². The van der Waals surface area contributed by atoms with Crippen molar-refractivity contribution in [2.75, 3.05) is 6.54 Å². The van der Waals surface area contributed by atoms with Gasteiger partial charge in [-0.2, -0.15) is 0 Å². The molecule has 1 unspecified atom stereocenters. The van der Waals surface area contributed by atoms with Gasteiger partial charge in [0, 0.05) is 12.6 Å². The Labute approximate surface area is 196 Å². The van der Waals surface area contributed by atoms with E-state index < -0.39 is 35.3 Å². The summed E-state index contributed by atoms with van der Waals surface area (Å²) < 4.78 is 7.33. The van der Waals surface area contributed by atoms with Gasteiger partial charge in [-0.05, 0) is 25.0 Å². The van der Waals surface area contributed by atoms with Crippen LogP contribution in [0.5, 0.6) is 0 Å². The Morgan fingerprint density at radius 1 is 1.15 bits per heavy atom. The van der Waals surface area contributed by atoms with Crippen LogP contribution in [0.4, 0.5) is 0 Å². The molecule has 4 atom stereocenters. The third-order valence-corrected chi connectivity index (χ3v) is 6.12. The van der Waals surface area contributed by atoms with Crippen LogP contribution in [0.1, 0.15) is 46.6 Å². The van der Waals surface area contributed by atoms with Crippen LogP contribution in [0.3, 0.4) is 0 Å². The summed E-state index contributed by atoms with van der Waals surface area (Å²) in [7, 11) is 0. The van der Waals surface area contributed by atoms with Crippen molar-refractivity contribution >= 4 is 0 Å². The summed E-state index contributed by atoms with van der Waals surface area (Å²) >= 11 is 0. The molecule has 8 nitrogen and oxygen atoms in total. The zero-order valence-electron chi connectivity index (χ0n) is 19.0. The number of hydrogen-bond acceptors (Lipinski definition) is 6. The first kappa shape index (κ1) is 23.7. The second-order valence-electron chi connectivity index (χ2n) is 8.58. The Hall–Kier alpha value is -3.48. The SMILES string of the molecule is Cc1ccc(C(O)[C@H]2O[C@@H](n3cc(C#CCN)c(=O)[nH]c3=O)C[C@@]2(O)c2ccc(C)cc2)cc1. The molecule has 2 aromatic carbocycles. The molecule has 0 radical (unpaired) electrons. The predicted molar refractivity (Wildman–Crippen MR) is 127 cm³/mol. The second kappa shape index (κ2) is 9.41. The number of hydrogen-bond donors (Lipinski definition) is 4. The van der Waals surface area contributed by atoms with E-state index in [0.29, 0.717) is 11.1 Å². The van der Waals surface area contributed by atoms with E-state index in [1.165, 1.54) is 10.8 Å². The summed E-state index contributed by atoms with van der Waals surface area (Å²) in [4.78, 5) is 27.0. The van der Waals surface area contributed by atoms with E-state index in [4.69, 9.17) is 10.5 Å². The maximum absolute atomic E-state index is 12.6. The number of H-pyrrole nitrogens is 1. The molecule has 34 heavy (non-hydrogen) atoms. The van der Waals surface area contributed by atoms with Crippen LogP contribution >= 0.6 is 0 Å². The maximum Gasteiger partial charge on any atom is 0.330 e. The van der Waals surface area contributed by atoms with Gasteiger partial charge in [0.15, 0.2) is 0 Å². The highest BCUT2D eigenvalue weighted by atomic mass is 16.5. The van der Waals surface area contributed by atoms with E-state index in [-0.39, 0.29) is 18.5 Å². The lowest BCUT2D eigenvalue weighted by Gasteiger charge is -2.32. The molecule has 0 saturated carbocycles. The van der Waals surface area contributed by atoms with Gasteiger partial charge in [-0.1, -0.05) is 71.5 Å². The smallest absolute Gasteiger partial charge is 0.330 e. The topological polar surface area (TPSA) is 131 Å². The summed E-state index contributed by atoms with van der Waals surface area (Å²) in [6, 6.07) is 14.6. The van der Waals surface area contributed by atoms with Crippen molar-refractivity contribution in [3.05, 3.63) is 103 Å². The molecule has 5 N–H and O–H groups in total. The van der Waals surface area contributed by atoms with Gasteiger partial charge in [0.25, 0.3) is 5.56 Å². The molecule has 1 aromatic heterocycles. The summed E-state index contributed by atoms with van der Waals surface area (Å²) in [6.07, 6.45) is -1.95. The number of nitrogens with two attached hydrogens (primary N) is 1. The van der Waals surface area contributed by atoms with Crippen LogP contribution in [0.15, 0.2) is 64.3 Å². The van der Waals surface area contributed by atoms with E-state index in [9.17, 15) is 19.8 Å². The summed E-state index contributed by atoms with van der Waals surface area (Å²) in [5.41, 5.74) is 5.68. The minimum atomic E-state index is -1.61. The lowest BCUT2D eigenvalue weighted by molar-refractivity contribution is -0.122. The highest BCUT2D eigenvalue weighted by molar-refractivity contribution is 5.33. The van der Waals surface area contributed by atoms with Crippen molar-refractivity contribution in [3.8, 4) is 11.8 Å². The van der Waals surface area contributed by atoms with Crippen LogP contribution in [0.25, 0.3) is 0 Å². The van der Waals surface area contributed by atoms with Gasteiger partial charge in [-0.15, -0.1) is 0 Å². The minimum absolute atomic E-state index is 0.0284. The first-order valence-corrected chi connectivity index (χ1v) is 11.0. The third-order valence-electron chi connectivity index (χ3n) is 6.12. The van der Waals surface area contributed by atoms with Gasteiger partial charge in [0.05, 0.1) is 6.54 Å². The van der Waals surface area contributed by atoms with Gasteiger partial charge in [-0.25, -0.2) is 4.79 Å². The molecular weight excluding hydrogens is 434 g/mol. The first-order chi connectivity index (χ1) is 16.2. The number of nitrogens with zero attached hydrogens (tertiary/aromatic N) is 1. The Balaban J connectivity index is 1.79. The quantitative estimate of drug-likeness (QED) is 0.434. The molecule has 0 amide bonds. The Morgan fingerprint density at radius 2 is 1.76 bits per heavy atom. The van der Waals surface area contributed by atoms with Crippen molar-refractivity contribution in [3.63, 3.8) is 0 Å². The molecule has 1 saturated heterocycles. The maximum atomic E-state index is 12.6. The van der Waals surface area contributed by atoms with E-state index in [1.54, 1.807) is 24.3 Å². The van der Waals surface area contributed by atoms with E-state index in [1.807, 2.05) is 38.1 Å². The second-order valence-corrected chi connectivity index (χ2v) is 8.58. The molecule has 0 bridgehead atoms. The van der Waals surface area contributed by atoms with Crippen LogP contribution in [-0.2, 0) is 10.3 Å². The largest absolute Gasteiger partial charge is 0.386 e. The Bertz CT molecular complexity index is 1350. The Morgan fingerprint density at radius 3 is 2.38 bits per heavy atom.